The van der Waals surface area contributed by atoms with Crippen molar-refractivity contribution in [2.45, 2.75) is 26.3 Å². The van der Waals surface area contributed by atoms with Crippen LogP contribution in [0.4, 0.5) is 5.69 Å². The lowest BCUT2D eigenvalue weighted by atomic mass is 10.3. The topological polar surface area (TPSA) is 67.2 Å². The largest absolute Gasteiger partial charge is 0.356 e. The van der Waals surface area contributed by atoms with E-state index in [0.29, 0.717) is 19.4 Å². The lowest BCUT2D eigenvalue weighted by Gasteiger charge is -2.18. The van der Waals surface area contributed by atoms with Crippen LogP contribution in [0.15, 0.2) is 54.6 Å². The third-order valence-electron chi connectivity index (χ3n) is 4.54. The molecule has 0 fully saturated rings. The zero-order chi connectivity index (χ0) is 19.2. The highest BCUT2D eigenvalue weighted by molar-refractivity contribution is 5.93. The van der Waals surface area contributed by atoms with Crippen molar-refractivity contribution in [1.82, 2.24) is 14.9 Å². The average Bonchev–Trinajstić information content (AvgIpc) is 3.05. The number of hydrogen-bond acceptors (Lipinski definition) is 3. The Bertz CT molecular complexity index is 934. The van der Waals surface area contributed by atoms with Crippen LogP contribution in [0.5, 0.6) is 0 Å². The minimum absolute atomic E-state index is 0.0116. The molecule has 0 saturated carbocycles. The molecule has 2 aromatic carbocycles. The fourth-order valence-electron chi connectivity index (χ4n) is 2.97. The van der Waals surface area contributed by atoms with Gasteiger partial charge in [0.05, 0.1) is 11.0 Å². The van der Waals surface area contributed by atoms with Crippen molar-refractivity contribution in [3.05, 3.63) is 60.4 Å². The summed E-state index contributed by atoms with van der Waals surface area (Å²) in [6.45, 7) is 2.52. The maximum Gasteiger partial charge on any atom is 0.246 e. The van der Waals surface area contributed by atoms with Crippen molar-refractivity contribution < 1.29 is 9.59 Å². The number of nitrogens with one attached hydrogen (secondary N) is 1. The van der Waals surface area contributed by atoms with Gasteiger partial charge in [-0.15, -0.1) is 0 Å². The van der Waals surface area contributed by atoms with E-state index in [4.69, 9.17) is 0 Å². The number of imidazole rings is 1. The average molecular weight is 364 g/mol. The molecule has 0 aliphatic heterocycles. The molecule has 3 rings (SSSR count). The summed E-state index contributed by atoms with van der Waals surface area (Å²) in [4.78, 5) is 30.6. The van der Waals surface area contributed by atoms with E-state index in [-0.39, 0.29) is 18.4 Å². The molecule has 1 N–H and O–H groups in total. The number of benzene rings is 2. The highest BCUT2D eigenvalue weighted by atomic mass is 16.2. The minimum atomic E-state index is -0.0248. The number of hydrogen-bond donors (Lipinski definition) is 1. The molecule has 0 aliphatic rings. The number of amides is 2. The number of rotatable bonds is 7. The molecular weight excluding hydrogens is 340 g/mol. The molecule has 1 heterocycles. The maximum atomic E-state index is 12.8. The van der Waals surface area contributed by atoms with Crippen LogP contribution >= 0.6 is 0 Å². The molecule has 0 saturated heterocycles. The molecule has 0 atom stereocenters. The Hall–Kier alpha value is -3.15. The highest BCUT2D eigenvalue weighted by Crippen LogP contribution is 2.18. The van der Waals surface area contributed by atoms with E-state index in [2.05, 4.69) is 10.3 Å². The second-order valence-corrected chi connectivity index (χ2v) is 6.34. The third-order valence-corrected chi connectivity index (χ3v) is 4.54. The van der Waals surface area contributed by atoms with Crippen LogP contribution in [-0.4, -0.2) is 35.0 Å². The summed E-state index contributed by atoms with van der Waals surface area (Å²) in [7, 11) is 1.78. The lowest BCUT2D eigenvalue weighted by molar-refractivity contribution is -0.121. The number of likely N-dealkylation sites (N-methyl/N-ethyl adjacent to an activating group) is 1. The normalized spacial score (nSPS) is 10.7. The highest BCUT2D eigenvalue weighted by Gasteiger charge is 2.17. The maximum absolute atomic E-state index is 12.8. The Morgan fingerprint density at radius 2 is 1.78 bits per heavy atom. The Morgan fingerprint density at radius 1 is 1.07 bits per heavy atom. The first-order chi connectivity index (χ1) is 13.1. The van der Waals surface area contributed by atoms with Crippen molar-refractivity contribution in [2.75, 3.05) is 18.5 Å². The van der Waals surface area contributed by atoms with E-state index in [1.165, 1.54) is 0 Å². The van der Waals surface area contributed by atoms with Crippen molar-refractivity contribution in [1.29, 1.82) is 0 Å². The van der Waals surface area contributed by atoms with Crippen molar-refractivity contribution in [3.63, 3.8) is 0 Å². The fraction of sp³-hybridized carbons (Fsp3) is 0.286. The third kappa shape index (κ3) is 4.34. The van der Waals surface area contributed by atoms with Crippen LogP contribution in [-0.2, 0) is 22.6 Å². The van der Waals surface area contributed by atoms with E-state index < -0.39 is 0 Å². The van der Waals surface area contributed by atoms with Crippen LogP contribution in [0.25, 0.3) is 11.0 Å². The molecule has 2 amide bonds. The predicted molar refractivity (Wildman–Crippen MR) is 107 cm³/mol. The van der Waals surface area contributed by atoms with Gasteiger partial charge in [-0.1, -0.05) is 37.3 Å². The van der Waals surface area contributed by atoms with Crippen LogP contribution in [0.3, 0.4) is 0 Å². The monoisotopic (exact) mass is 364 g/mol. The predicted octanol–water partition coefficient (Wildman–Crippen LogP) is 2.77. The first-order valence-electron chi connectivity index (χ1n) is 9.12. The Morgan fingerprint density at radius 3 is 2.52 bits per heavy atom. The van der Waals surface area contributed by atoms with E-state index in [1.807, 2.05) is 66.1 Å². The molecule has 6 heteroatoms. The van der Waals surface area contributed by atoms with Crippen molar-refractivity contribution in [2.24, 2.45) is 0 Å². The Balaban J connectivity index is 1.82. The summed E-state index contributed by atoms with van der Waals surface area (Å²) in [5.74, 6) is 0.781. The molecule has 27 heavy (non-hydrogen) atoms. The van der Waals surface area contributed by atoms with Gasteiger partial charge in [-0.3, -0.25) is 9.59 Å². The molecule has 6 nitrogen and oxygen atoms in total. The smallest absolute Gasteiger partial charge is 0.246 e. The lowest BCUT2D eigenvalue weighted by Crippen LogP contribution is -2.31. The molecule has 0 spiro atoms. The first kappa shape index (κ1) is 18.6. The molecule has 0 aliphatic carbocycles. The first-order valence-corrected chi connectivity index (χ1v) is 9.12. The van der Waals surface area contributed by atoms with Gasteiger partial charge in [0.15, 0.2) is 0 Å². The minimum Gasteiger partial charge on any atom is -0.356 e. The van der Waals surface area contributed by atoms with Crippen LogP contribution < -0.4 is 10.2 Å². The van der Waals surface area contributed by atoms with E-state index in [0.717, 1.165) is 22.5 Å². The number of nitrogens with zero attached hydrogens (tertiary/aromatic N) is 3. The number of carbonyl (C=O) groups excluding carboxylic acids is 2. The van der Waals surface area contributed by atoms with Gasteiger partial charge in [-0.05, 0) is 24.3 Å². The van der Waals surface area contributed by atoms with Crippen LogP contribution in [0.2, 0.25) is 0 Å². The van der Waals surface area contributed by atoms with E-state index in [9.17, 15) is 9.59 Å². The van der Waals surface area contributed by atoms with E-state index >= 15 is 0 Å². The molecule has 0 unspecified atom stereocenters. The van der Waals surface area contributed by atoms with Gasteiger partial charge in [0.25, 0.3) is 0 Å². The quantitative estimate of drug-likeness (QED) is 0.701. The SMILES string of the molecule is CCC(=O)NCCc1nc2ccccc2n1CC(=O)N(C)c1ccccc1. The summed E-state index contributed by atoms with van der Waals surface area (Å²) in [5.41, 5.74) is 2.62. The number of aromatic nitrogens is 2. The fourth-order valence-corrected chi connectivity index (χ4v) is 2.97. The van der Waals surface area contributed by atoms with Gasteiger partial charge in [-0.25, -0.2) is 4.98 Å². The van der Waals surface area contributed by atoms with Crippen molar-refractivity contribution in [3.8, 4) is 0 Å². The molecule has 1 aromatic heterocycles. The number of carbonyl (C=O) groups is 2. The molecule has 140 valence electrons. The summed E-state index contributed by atoms with van der Waals surface area (Å²) in [6, 6.07) is 17.3. The summed E-state index contributed by atoms with van der Waals surface area (Å²) < 4.78 is 1.94. The summed E-state index contributed by atoms with van der Waals surface area (Å²) >= 11 is 0. The number of anilines is 1. The van der Waals surface area contributed by atoms with Crippen LogP contribution in [0.1, 0.15) is 19.2 Å². The zero-order valence-electron chi connectivity index (χ0n) is 15.7. The number of fused-ring (bicyclic) bond motifs is 1. The van der Waals surface area contributed by atoms with Gasteiger partial charge in [0, 0.05) is 32.1 Å². The second-order valence-electron chi connectivity index (χ2n) is 6.34. The Labute approximate surface area is 158 Å². The second kappa shape index (κ2) is 8.49. The van der Waals surface area contributed by atoms with Crippen molar-refractivity contribution >= 4 is 28.5 Å². The molecule has 0 bridgehead atoms. The van der Waals surface area contributed by atoms with Gasteiger partial charge >= 0.3 is 0 Å². The van der Waals surface area contributed by atoms with Crippen LogP contribution in [0, 0.1) is 0 Å². The molecule has 3 aromatic rings. The number of para-hydroxylation sites is 3. The molecule has 0 radical (unpaired) electrons. The Kier molecular flexibility index (Phi) is 5.86. The van der Waals surface area contributed by atoms with Gasteiger partial charge in [0.2, 0.25) is 11.8 Å². The van der Waals surface area contributed by atoms with E-state index in [1.54, 1.807) is 11.9 Å². The van der Waals surface area contributed by atoms with Gasteiger partial charge < -0.3 is 14.8 Å². The zero-order valence-corrected chi connectivity index (χ0v) is 15.7. The summed E-state index contributed by atoms with van der Waals surface area (Å²) in [5, 5.41) is 2.87. The summed E-state index contributed by atoms with van der Waals surface area (Å²) in [6.07, 6.45) is 1.03. The van der Waals surface area contributed by atoms with Gasteiger partial charge in [0.1, 0.15) is 12.4 Å². The van der Waals surface area contributed by atoms with Gasteiger partial charge in [-0.2, -0.15) is 0 Å². The molecular formula is C21H24N4O2. The standard InChI is InChI=1S/C21H24N4O2/c1-3-20(26)22-14-13-19-23-17-11-7-8-12-18(17)25(19)15-21(27)24(2)16-9-5-4-6-10-16/h4-12H,3,13-15H2,1-2H3,(H,22,26).